The highest BCUT2D eigenvalue weighted by atomic mass is 16.7. The number of hydrogen-bond donors (Lipinski definition) is 4. The summed E-state index contributed by atoms with van der Waals surface area (Å²) in [4.78, 5) is 41.2. The van der Waals surface area contributed by atoms with Gasteiger partial charge in [0.25, 0.3) is 0 Å². The lowest BCUT2D eigenvalue weighted by Gasteiger charge is -2.27. The molecule has 0 aliphatic heterocycles. The molecule has 4 N–H and O–H groups in total. The molecule has 0 fully saturated rings. The zero-order chi connectivity index (χ0) is 16.5. The lowest BCUT2D eigenvalue weighted by atomic mass is 9.88. The first-order valence-electron chi connectivity index (χ1n) is 5.18. The van der Waals surface area contributed by atoms with Crippen LogP contribution in [0.25, 0.3) is 0 Å². The van der Waals surface area contributed by atoms with Gasteiger partial charge in [-0.25, -0.2) is 40.5 Å². The Kier molecular flexibility index (Phi) is 6.84. The Balaban J connectivity index is 5.02. The summed E-state index contributed by atoms with van der Waals surface area (Å²) in [7, 11) is 0. The third kappa shape index (κ3) is 8.51. The molecule has 0 atom stereocenters. The van der Waals surface area contributed by atoms with Gasteiger partial charge in [-0.1, -0.05) is 0 Å². The van der Waals surface area contributed by atoms with Gasteiger partial charge in [0.15, 0.2) is 20.1 Å². The van der Waals surface area contributed by atoms with Gasteiger partial charge < -0.3 is 0 Å². The molecule has 16 heteroatoms. The van der Waals surface area contributed by atoms with E-state index in [2.05, 4.69) is 0 Å². The van der Waals surface area contributed by atoms with Crippen LogP contribution in [0.15, 0.2) is 0 Å². The van der Waals surface area contributed by atoms with Gasteiger partial charge in [0.2, 0.25) is 0 Å². The molecule has 0 aliphatic rings. The molecule has 0 unspecified atom stereocenters. The minimum absolute atomic E-state index is 0.595. The first kappa shape index (κ1) is 17.8. The van der Waals surface area contributed by atoms with E-state index in [0.717, 1.165) is 0 Å². The number of nitrogens with zero attached hydrogens (tertiary/aromatic N) is 4. The Bertz CT molecular complexity index is 336. The predicted molar refractivity (Wildman–Crippen MR) is 62.4 cm³/mol. The van der Waals surface area contributed by atoms with Gasteiger partial charge in [-0.3, -0.25) is 0 Å². The second kappa shape index (κ2) is 8.07. The average Bonchev–Trinajstić information content (AvgIpc) is 2.36. The highest BCUT2D eigenvalue weighted by Gasteiger charge is 2.37. The Hall–Kier alpha value is -3.20. The lowest BCUT2D eigenvalue weighted by molar-refractivity contribution is -0.567. The average molecular weight is 312 g/mol. The van der Waals surface area contributed by atoms with Crippen LogP contribution in [0.3, 0.4) is 0 Å². The number of hydrogen-bond acceptors (Lipinski definition) is 8. The van der Waals surface area contributed by atoms with Crippen molar-refractivity contribution in [1.29, 1.82) is 0 Å². The van der Waals surface area contributed by atoms with Crippen molar-refractivity contribution in [2.45, 2.75) is 0 Å². The van der Waals surface area contributed by atoms with E-state index in [0.29, 0.717) is 0 Å². The predicted octanol–water partition coefficient (Wildman–Crippen LogP) is -2.90. The van der Waals surface area contributed by atoms with E-state index >= 15 is 0 Å². The third-order valence-electron chi connectivity index (χ3n) is 2.33. The van der Waals surface area contributed by atoms with E-state index < -0.39 is 51.7 Å². The number of rotatable bonds is 12. The molecule has 0 aromatic carbocycles. The molecule has 0 aromatic rings. The third-order valence-corrected chi connectivity index (χ3v) is 2.33. The molecule has 0 spiro atoms. The number of nitrogens with one attached hydrogen (secondary N) is 4. The van der Waals surface area contributed by atoms with Crippen molar-refractivity contribution in [2.24, 2.45) is 5.41 Å². The molecule has 120 valence electrons. The summed E-state index contributed by atoms with van der Waals surface area (Å²) in [5, 5.41) is 37.3. The summed E-state index contributed by atoms with van der Waals surface area (Å²) in [5.74, 6) is 0. The molecule has 0 bridgehead atoms. The Labute approximate surface area is 115 Å². The fourth-order valence-electron chi connectivity index (χ4n) is 1.30. The smallest absolute Gasteiger partial charge is 0.157 e. The molecule has 0 radical (unpaired) electrons. The second-order valence-electron chi connectivity index (χ2n) is 3.87. The van der Waals surface area contributed by atoms with E-state index in [1.807, 2.05) is 0 Å². The van der Waals surface area contributed by atoms with Crippen molar-refractivity contribution in [1.82, 2.24) is 21.7 Å². The van der Waals surface area contributed by atoms with Crippen LogP contribution in [0, 0.1) is 45.9 Å². The van der Waals surface area contributed by atoms with E-state index in [-0.39, 0.29) is 0 Å². The summed E-state index contributed by atoms with van der Waals surface area (Å²) in [5.41, 5.74) is 5.19. The normalized spacial score (nSPS) is 10.3. The summed E-state index contributed by atoms with van der Waals surface area (Å²) in [6.07, 6.45) is 0. The van der Waals surface area contributed by atoms with Crippen molar-refractivity contribution >= 4 is 0 Å². The standard InChI is InChI=1S/C5H12N8O8/c14-10(15)6-1-5(2-7-11(16)17,3-8-12(18)19)4-9-13(20)21/h6-9H,1-4H2. The van der Waals surface area contributed by atoms with Crippen molar-refractivity contribution < 1.29 is 20.1 Å². The van der Waals surface area contributed by atoms with Crippen LogP contribution in [-0.2, 0) is 0 Å². The maximum Gasteiger partial charge on any atom is 0.157 e. The highest BCUT2D eigenvalue weighted by molar-refractivity contribution is 4.84. The van der Waals surface area contributed by atoms with Gasteiger partial charge in [-0.15, -0.1) is 21.7 Å². The van der Waals surface area contributed by atoms with Crippen LogP contribution in [0.2, 0.25) is 0 Å². The highest BCUT2D eigenvalue weighted by Crippen LogP contribution is 2.13. The summed E-state index contributed by atoms with van der Waals surface area (Å²) in [6, 6.07) is 0. The SMILES string of the molecule is O=[N+]([O-])NCC(CN[N+](=O)[O-])(CN[N+](=O)[O-])CN[N+](=O)[O-]. The number of hydrazine groups is 4. The van der Waals surface area contributed by atoms with Gasteiger partial charge in [-0.2, -0.15) is 0 Å². The molecule has 0 aliphatic carbocycles. The Morgan fingerprint density at radius 1 is 0.571 bits per heavy atom. The van der Waals surface area contributed by atoms with Crippen LogP contribution in [0.1, 0.15) is 0 Å². The van der Waals surface area contributed by atoms with E-state index in [1.165, 1.54) is 0 Å². The van der Waals surface area contributed by atoms with Crippen molar-refractivity contribution in [3.8, 4) is 0 Å². The molecule has 0 aromatic heterocycles. The van der Waals surface area contributed by atoms with Crippen LogP contribution < -0.4 is 21.7 Å². The minimum Gasteiger partial charge on any atom is -0.235 e. The van der Waals surface area contributed by atoms with E-state index in [9.17, 15) is 40.5 Å². The molecule has 0 saturated carbocycles. The largest absolute Gasteiger partial charge is 0.235 e. The second-order valence-corrected chi connectivity index (χ2v) is 3.87. The zero-order valence-corrected chi connectivity index (χ0v) is 10.4. The van der Waals surface area contributed by atoms with Crippen molar-refractivity contribution in [3.63, 3.8) is 0 Å². The molecular weight excluding hydrogens is 300 g/mol. The van der Waals surface area contributed by atoms with Gasteiger partial charge in [0.1, 0.15) is 0 Å². The van der Waals surface area contributed by atoms with Gasteiger partial charge in [0, 0.05) is 0 Å². The van der Waals surface area contributed by atoms with E-state index in [4.69, 9.17) is 0 Å². The molecular formula is C5H12N8O8. The van der Waals surface area contributed by atoms with Gasteiger partial charge in [-0.05, 0) is 0 Å². The van der Waals surface area contributed by atoms with Gasteiger partial charge >= 0.3 is 0 Å². The fourth-order valence-corrected chi connectivity index (χ4v) is 1.30. The number of nitro groups is 4. The monoisotopic (exact) mass is 312 g/mol. The minimum atomic E-state index is -1.58. The van der Waals surface area contributed by atoms with Crippen LogP contribution >= 0.6 is 0 Å². The summed E-state index contributed by atoms with van der Waals surface area (Å²) < 4.78 is 0. The Morgan fingerprint density at radius 2 is 0.762 bits per heavy atom. The molecule has 0 heterocycles. The molecule has 0 saturated heterocycles. The van der Waals surface area contributed by atoms with Crippen LogP contribution in [0.5, 0.6) is 0 Å². The van der Waals surface area contributed by atoms with Gasteiger partial charge in [0.05, 0.1) is 31.6 Å². The molecule has 0 rings (SSSR count). The maximum absolute atomic E-state index is 10.3. The quantitative estimate of drug-likeness (QED) is 0.210. The molecule has 0 amide bonds. The lowest BCUT2D eigenvalue weighted by Crippen LogP contribution is -2.56. The summed E-state index contributed by atoms with van der Waals surface area (Å²) in [6.45, 7) is -2.38. The molecule has 16 nitrogen and oxygen atoms in total. The fraction of sp³-hybridized carbons (Fsp3) is 1.00. The van der Waals surface area contributed by atoms with Crippen LogP contribution in [-0.4, -0.2) is 46.3 Å². The maximum atomic E-state index is 10.3. The van der Waals surface area contributed by atoms with E-state index in [1.54, 1.807) is 21.7 Å². The van der Waals surface area contributed by atoms with Crippen molar-refractivity contribution in [3.05, 3.63) is 40.5 Å². The summed E-state index contributed by atoms with van der Waals surface area (Å²) >= 11 is 0. The first-order chi connectivity index (χ1) is 9.67. The van der Waals surface area contributed by atoms with Crippen molar-refractivity contribution in [2.75, 3.05) is 26.2 Å². The topological polar surface area (TPSA) is 221 Å². The Morgan fingerprint density at radius 3 is 0.905 bits per heavy atom. The van der Waals surface area contributed by atoms with Crippen LogP contribution in [0.4, 0.5) is 0 Å². The molecule has 21 heavy (non-hydrogen) atoms. The first-order valence-corrected chi connectivity index (χ1v) is 5.18. The zero-order valence-electron chi connectivity index (χ0n) is 10.4.